The Morgan fingerprint density at radius 3 is 2.76 bits per heavy atom. The van der Waals surface area contributed by atoms with E-state index < -0.39 is 11.8 Å². The van der Waals surface area contributed by atoms with Crippen molar-refractivity contribution in [2.75, 3.05) is 12.1 Å². The SMILES string of the molecule is CCc1ccccc1NC(=O)C(=O)N/N=C/c1ccc2c(c1)OCO2. The Hall–Kier alpha value is -3.35. The van der Waals surface area contributed by atoms with E-state index >= 15 is 0 Å². The molecule has 1 heterocycles. The monoisotopic (exact) mass is 339 g/mol. The summed E-state index contributed by atoms with van der Waals surface area (Å²) in [6.45, 7) is 2.16. The van der Waals surface area contributed by atoms with Crippen molar-refractivity contribution >= 4 is 23.7 Å². The summed E-state index contributed by atoms with van der Waals surface area (Å²) in [6.07, 6.45) is 2.17. The molecule has 2 N–H and O–H groups in total. The first-order valence-corrected chi connectivity index (χ1v) is 7.79. The van der Waals surface area contributed by atoms with Crippen LogP contribution < -0.4 is 20.2 Å². The fraction of sp³-hybridized carbons (Fsp3) is 0.167. The van der Waals surface area contributed by atoms with Gasteiger partial charge < -0.3 is 14.8 Å². The molecule has 2 aromatic rings. The van der Waals surface area contributed by atoms with E-state index in [4.69, 9.17) is 9.47 Å². The van der Waals surface area contributed by atoms with Crippen LogP contribution in [-0.2, 0) is 16.0 Å². The van der Waals surface area contributed by atoms with Crippen LogP contribution in [0.2, 0.25) is 0 Å². The van der Waals surface area contributed by atoms with Gasteiger partial charge in [0.2, 0.25) is 6.79 Å². The molecule has 2 aromatic carbocycles. The van der Waals surface area contributed by atoms with Crippen LogP contribution in [0.3, 0.4) is 0 Å². The molecule has 2 amide bonds. The van der Waals surface area contributed by atoms with Gasteiger partial charge in [-0.25, -0.2) is 5.43 Å². The quantitative estimate of drug-likeness (QED) is 0.507. The number of hydrogen-bond donors (Lipinski definition) is 2. The maximum atomic E-state index is 11.9. The van der Waals surface area contributed by atoms with Crippen molar-refractivity contribution in [1.29, 1.82) is 0 Å². The number of carbonyl (C=O) groups excluding carboxylic acids is 2. The second-order valence-electron chi connectivity index (χ2n) is 5.28. The van der Waals surface area contributed by atoms with Crippen LogP contribution in [0, 0.1) is 0 Å². The minimum Gasteiger partial charge on any atom is -0.454 e. The highest BCUT2D eigenvalue weighted by Crippen LogP contribution is 2.31. The van der Waals surface area contributed by atoms with Crippen LogP contribution >= 0.6 is 0 Å². The van der Waals surface area contributed by atoms with Crippen LogP contribution in [0.4, 0.5) is 5.69 Å². The molecule has 0 saturated heterocycles. The minimum absolute atomic E-state index is 0.187. The lowest BCUT2D eigenvalue weighted by molar-refractivity contribution is -0.136. The zero-order chi connectivity index (χ0) is 17.6. The van der Waals surface area contributed by atoms with Gasteiger partial charge in [0.05, 0.1) is 6.21 Å². The van der Waals surface area contributed by atoms with Crippen LogP contribution in [0.15, 0.2) is 47.6 Å². The largest absolute Gasteiger partial charge is 0.454 e. The number of carbonyl (C=O) groups is 2. The van der Waals surface area contributed by atoms with E-state index in [2.05, 4.69) is 15.8 Å². The Morgan fingerprint density at radius 2 is 1.92 bits per heavy atom. The zero-order valence-electron chi connectivity index (χ0n) is 13.6. The first kappa shape index (κ1) is 16.5. The molecule has 7 nitrogen and oxygen atoms in total. The van der Waals surface area contributed by atoms with Crippen molar-refractivity contribution in [1.82, 2.24) is 5.43 Å². The number of benzene rings is 2. The van der Waals surface area contributed by atoms with E-state index in [0.29, 0.717) is 22.7 Å². The molecule has 0 aromatic heterocycles. The van der Waals surface area contributed by atoms with Crippen LogP contribution in [0.1, 0.15) is 18.1 Å². The molecular weight excluding hydrogens is 322 g/mol. The number of ether oxygens (including phenoxy) is 2. The van der Waals surface area contributed by atoms with Gasteiger partial charge in [-0.1, -0.05) is 25.1 Å². The molecule has 1 aliphatic rings. The molecule has 0 unspecified atom stereocenters. The lowest BCUT2D eigenvalue weighted by atomic mass is 10.1. The molecule has 0 saturated carbocycles. The topological polar surface area (TPSA) is 89.0 Å². The average molecular weight is 339 g/mol. The summed E-state index contributed by atoms with van der Waals surface area (Å²) in [5.41, 5.74) is 4.48. The second kappa shape index (κ2) is 7.48. The summed E-state index contributed by atoms with van der Waals surface area (Å²) < 4.78 is 10.5. The van der Waals surface area contributed by atoms with Gasteiger partial charge in [0.25, 0.3) is 0 Å². The second-order valence-corrected chi connectivity index (χ2v) is 5.28. The van der Waals surface area contributed by atoms with Crippen LogP contribution in [-0.4, -0.2) is 24.8 Å². The molecule has 128 valence electrons. The minimum atomic E-state index is -0.845. The van der Waals surface area contributed by atoms with E-state index in [-0.39, 0.29) is 6.79 Å². The van der Waals surface area contributed by atoms with Crippen molar-refractivity contribution in [3.63, 3.8) is 0 Å². The highest BCUT2D eigenvalue weighted by atomic mass is 16.7. The summed E-state index contributed by atoms with van der Waals surface area (Å²) in [5.74, 6) is -0.342. The molecule has 0 aliphatic carbocycles. The van der Waals surface area contributed by atoms with Gasteiger partial charge in [-0.3, -0.25) is 9.59 Å². The van der Waals surface area contributed by atoms with Crippen molar-refractivity contribution in [2.45, 2.75) is 13.3 Å². The molecule has 0 spiro atoms. The predicted octanol–water partition coefficient (Wildman–Crippen LogP) is 2.07. The van der Waals surface area contributed by atoms with Gasteiger partial charge in [0.15, 0.2) is 11.5 Å². The van der Waals surface area contributed by atoms with Gasteiger partial charge in [0.1, 0.15) is 0 Å². The molecule has 0 atom stereocenters. The standard InChI is InChI=1S/C18H17N3O4/c1-2-13-5-3-4-6-14(13)20-17(22)18(23)21-19-10-12-7-8-15-16(9-12)25-11-24-15/h3-10H,2,11H2,1H3,(H,20,22)(H,21,23)/b19-10+. The molecular formula is C18H17N3O4. The molecule has 0 bridgehead atoms. The summed E-state index contributed by atoms with van der Waals surface area (Å²) >= 11 is 0. The summed E-state index contributed by atoms with van der Waals surface area (Å²) in [7, 11) is 0. The number of rotatable bonds is 4. The highest BCUT2D eigenvalue weighted by Gasteiger charge is 2.15. The summed E-state index contributed by atoms with van der Waals surface area (Å²) in [5, 5.41) is 6.37. The Morgan fingerprint density at radius 1 is 1.12 bits per heavy atom. The molecule has 0 fully saturated rings. The van der Waals surface area contributed by atoms with Crippen LogP contribution in [0.5, 0.6) is 11.5 Å². The van der Waals surface area contributed by atoms with E-state index in [9.17, 15) is 9.59 Å². The molecule has 25 heavy (non-hydrogen) atoms. The number of amides is 2. The number of para-hydroxylation sites is 1. The fourth-order valence-electron chi connectivity index (χ4n) is 2.34. The molecule has 0 radical (unpaired) electrons. The van der Waals surface area contributed by atoms with Gasteiger partial charge in [-0.05, 0) is 41.8 Å². The number of anilines is 1. The van der Waals surface area contributed by atoms with Crippen molar-refractivity contribution < 1.29 is 19.1 Å². The molecule has 7 heteroatoms. The number of aryl methyl sites for hydroxylation is 1. The lowest BCUT2D eigenvalue weighted by Crippen LogP contribution is -2.32. The number of nitrogens with zero attached hydrogens (tertiary/aromatic N) is 1. The molecule has 3 rings (SSSR count). The van der Waals surface area contributed by atoms with Crippen LogP contribution in [0.25, 0.3) is 0 Å². The maximum absolute atomic E-state index is 11.9. The number of hydrazone groups is 1. The summed E-state index contributed by atoms with van der Waals surface area (Å²) in [4.78, 5) is 23.8. The van der Waals surface area contributed by atoms with Gasteiger partial charge in [0, 0.05) is 5.69 Å². The third-order valence-corrected chi connectivity index (χ3v) is 3.63. The lowest BCUT2D eigenvalue weighted by Gasteiger charge is -2.08. The third-order valence-electron chi connectivity index (χ3n) is 3.63. The normalized spacial score (nSPS) is 12.2. The van der Waals surface area contributed by atoms with Gasteiger partial charge in [-0.15, -0.1) is 0 Å². The first-order chi connectivity index (χ1) is 12.2. The fourth-order valence-corrected chi connectivity index (χ4v) is 2.34. The number of fused-ring (bicyclic) bond motifs is 1. The third kappa shape index (κ3) is 3.95. The number of hydrogen-bond acceptors (Lipinski definition) is 5. The average Bonchev–Trinajstić information content (AvgIpc) is 3.09. The highest BCUT2D eigenvalue weighted by molar-refractivity contribution is 6.39. The first-order valence-electron chi connectivity index (χ1n) is 7.79. The zero-order valence-corrected chi connectivity index (χ0v) is 13.6. The van der Waals surface area contributed by atoms with Crippen molar-refractivity contribution in [2.24, 2.45) is 5.10 Å². The Bertz CT molecular complexity index is 833. The number of nitrogens with one attached hydrogen (secondary N) is 2. The van der Waals surface area contributed by atoms with Crippen molar-refractivity contribution in [3.8, 4) is 11.5 Å². The van der Waals surface area contributed by atoms with Gasteiger partial charge >= 0.3 is 11.8 Å². The predicted molar refractivity (Wildman–Crippen MR) is 92.8 cm³/mol. The van der Waals surface area contributed by atoms with Gasteiger partial charge in [-0.2, -0.15) is 5.10 Å². The van der Waals surface area contributed by atoms with E-state index in [0.717, 1.165) is 12.0 Å². The Balaban J connectivity index is 1.57. The Kier molecular flexibility index (Phi) is 4.94. The molecule has 1 aliphatic heterocycles. The van der Waals surface area contributed by atoms with E-state index in [1.165, 1.54) is 6.21 Å². The van der Waals surface area contributed by atoms with E-state index in [1.807, 2.05) is 19.1 Å². The summed E-state index contributed by atoms with van der Waals surface area (Å²) in [6, 6.07) is 12.6. The van der Waals surface area contributed by atoms with E-state index in [1.54, 1.807) is 30.3 Å². The smallest absolute Gasteiger partial charge is 0.329 e. The van der Waals surface area contributed by atoms with Crippen molar-refractivity contribution in [3.05, 3.63) is 53.6 Å². The maximum Gasteiger partial charge on any atom is 0.329 e. The Labute approximate surface area is 144 Å².